The average Bonchev–Trinajstić information content (AvgIpc) is 2.88. The molecule has 1 aliphatic heterocycles. The van der Waals surface area contributed by atoms with Crippen LogP contribution in [0.25, 0.3) is 0 Å². The van der Waals surface area contributed by atoms with Gasteiger partial charge in [0.15, 0.2) is 5.11 Å². The lowest BCUT2D eigenvalue weighted by Crippen LogP contribution is -2.56. The molecule has 1 saturated heterocycles. The maximum Gasteiger partial charge on any atom is 0.238 e. The maximum absolute atomic E-state index is 11.5. The number of nitrogens with two attached hydrogens (primary N) is 1. The molecule has 3 aromatic carbocycles. The summed E-state index contributed by atoms with van der Waals surface area (Å²) < 4.78 is 22.9. The quantitative estimate of drug-likeness (QED) is 0.317. The van der Waals surface area contributed by atoms with Crippen LogP contribution in [0.5, 0.6) is 0 Å². The minimum absolute atomic E-state index is 0.0666. The first kappa shape index (κ1) is 26.1. The number of nitrogens with zero attached hydrogens (tertiary/aromatic N) is 1. The van der Waals surface area contributed by atoms with E-state index in [4.69, 9.17) is 17.4 Å². The minimum atomic E-state index is -3.72. The van der Waals surface area contributed by atoms with Crippen LogP contribution in [-0.4, -0.2) is 50.1 Å². The van der Waals surface area contributed by atoms with Crippen LogP contribution in [-0.2, 0) is 16.4 Å². The minimum Gasteiger partial charge on any atom is -0.378 e. The van der Waals surface area contributed by atoms with E-state index in [1.165, 1.54) is 17.7 Å². The molecule has 0 radical (unpaired) electrons. The second-order valence-electron chi connectivity index (χ2n) is 9.23. The van der Waals surface area contributed by atoms with Crippen molar-refractivity contribution in [3.05, 3.63) is 90.5 Å². The van der Waals surface area contributed by atoms with Crippen LogP contribution < -0.4 is 21.1 Å². The Morgan fingerprint density at radius 1 is 0.889 bits per heavy atom. The molecule has 0 amide bonds. The molecule has 4 rings (SSSR count). The number of rotatable bonds is 9. The van der Waals surface area contributed by atoms with Crippen LogP contribution >= 0.6 is 12.2 Å². The zero-order valence-corrected chi connectivity index (χ0v) is 21.8. The number of nitrogens with one attached hydrogen (secondary N) is 3. The van der Waals surface area contributed by atoms with Gasteiger partial charge in [-0.2, -0.15) is 0 Å². The van der Waals surface area contributed by atoms with E-state index in [0.717, 1.165) is 44.6 Å². The summed E-state index contributed by atoms with van der Waals surface area (Å²) in [4.78, 5) is 2.60. The number of hydrogen-bond acceptors (Lipinski definition) is 5. The van der Waals surface area contributed by atoms with Crippen molar-refractivity contribution in [2.45, 2.75) is 29.7 Å². The van der Waals surface area contributed by atoms with E-state index in [9.17, 15) is 8.42 Å². The molecule has 1 heterocycles. The summed E-state index contributed by atoms with van der Waals surface area (Å²) >= 11 is 5.54. The second-order valence-corrected chi connectivity index (χ2v) is 11.2. The van der Waals surface area contributed by atoms with Crippen molar-refractivity contribution < 1.29 is 8.42 Å². The first-order chi connectivity index (χ1) is 17.3. The second kappa shape index (κ2) is 11.8. The average molecular weight is 524 g/mol. The molecule has 0 bridgehead atoms. The van der Waals surface area contributed by atoms with Crippen molar-refractivity contribution in [1.29, 1.82) is 0 Å². The van der Waals surface area contributed by atoms with Crippen LogP contribution in [0.1, 0.15) is 18.4 Å². The lowest BCUT2D eigenvalue weighted by atomic mass is 9.86. The van der Waals surface area contributed by atoms with Crippen LogP contribution in [0.4, 0.5) is 11.4 Å². The highest BCUT2D eigenvalue weighted by Gasteiger charge is 2.34. The monoisotopic (exact) mass is 523 g/mol. The van der Waals surface area contributed by atoms with Gasteiger partial charge in [0.25, 0.3) is 0 Å². The topological polar surface area (TPSA) is 99.5 Å². The summed E-state index contributed by atoms with van der Waals surface area (Å²) in [6, 6.07) is 27.1. The number of primary sulfonamides is 1. The first-order valence-corrected chi connectivity index (χ1v) is 14.0. The van der Waals surface area contributed by atoms with E-state index < -0.39 is 10.0 Å². The van der Waals surface area contributed by atoms with E-state index >= 15 is 0 Å². The molecule has 0 spiro atoms. The van der Waals surface area contributed by atoms with E-state index in [0.29, 0.717) is 17.3 Å². The molecule has 36 heavy (non-hydrogen) atoms. The van der Waals surface area contributed by atoms with Gasteiger partial charge in [-0.15, -0.1) is 0 Å². The number of thiocarbonyl (C=S) groups is 1. The lowest BCUT2D eigenvalue weighted by Gasteiger charge is -2.43. The van der Waals surface area contributed by atoms with Crippen LogP contribution in [0.2, 0.25) is 0 Å². The Kier molecular flexibility index (Phi) is 8.58. The van der Waals surface area contributed by atoms with Gasteiger partial charge in [0.05, 0.1) is 10.4 Å². The normalized spacial score (nSPS) is 15.7. The molecular weight excluding hydrogens is 490 g/mol. The van der Waals surface area contributed by atoms with Gasteiger partial charge in [0.2, 0.25) is 10.0 Å². The SMILES string of the molecule is NS(=O)(=O)c1ccc(NC(=S)NCC2(Nc3ccccc3)CCN(CCc3ccccc3)CC2)cc1. The summed E-state index contributed by atoms with van der Waals surface area (Å²) in [6.45, 7) is 3.72. The van der Waals surface area contributed by atoms with Gasteiger partial charge >= 0.3 is 0 Å². The fourth-order valence-electron chi connectivity index (χ4n) is 4.46. The molecule has 190 valence electrons. The third kappa shape index (κ3) is 7.51. The number of piperidine rings is 1. The highest BCUT2D eigenvalue weighted by atomic mass is 32.2. The van der Waals surface area contributed by atoms with Gasteiger partial charge in [0, 0.05) is 37.6 Å². The van der Waals surface area contributed by atoms with Gasteiger partial charge < -0.3 is 20.9 Å². The van der Waals surface area contributed by atoms with Crippen molar-refractivity contribution >= 4 is 38.7 Å². The summed E-state index contributed by atoms with van der Waals surface area (Å²) in [6.07, 6.45) is 3.02. The van der Waals surface area contributed by atoms with Gasteiger partial charge in [-0.1, -0.05) is 48.5 Å². The fraction of sp³-hybridized carbons (Fsp3) is 0.296. The number of para-hydroxylation sites is 1. The molecule has 1 fully saturated rings. The lowest BCUT2D eigenvalue weighted by molar-refractivity contribution is 0.175. The molecule has 3 aromatic rings. The molecule has 9 heteroatoms. The summed E-state index contributed by atoms with van der Waals surface area (Å²) in [5.74, 6) is 0. The van der Waals surface area contributed by atoms with E-state index in [2.05, 4.69) is 63.3 Å². The third-order valence-electron chi connectivity index (χ3n) is 6.58. The Labute approximate surface area is 219 Å². The molecule has 0 unspecified atom stereocenters. The Morgan fingerprint density at radius 3 is 2.11 bits per heavy atom. The predicted octanol–water partition coefficient (Wildman–Crippen LogP) is 3.81. The van der Waals surface area contributed by atoms with Crippen molar-refractivity contribution in [3.63, 3.8) is 0 Å². The first-order valence-electron chi connectivity index (χ1n) is 12.1. The van der Waals surface area contributed by atoms with Crippen molar-refractivity contribution in [2.75, 3.05) is 36.8 Å². The number of anilines is 2. The van der Waals surface area contributed by atoms with Crippen molar-refractivity contribution in [2.24, 2.45) is 5.14 Å². The maximum atomic E-state index is 11.5. The van der Waals surface area contributed by atoms with Crippen molar-refractivity contribution in [1.82, 2.24) is 10.2 Å². The van der Waals surface area contributed by atoms with Crippen molar-refractivity contribution in [3.8, 4) is 0 Å². The highest BCUT2D eigenvalue weighted by molar-refractivity contribution is 7.89. The van der Waals surface area contributed by atoms with E-state index in [-0.39, 0.29) is 10.4 Å². The molecule has 0 aromatic heterocycles. The largest absolute Gasteiger partial charge is 0.378 e. The predicted molar refractivity (Wildman–Crippen MR) is 151 cm³/mol. The summed E-state index contributed by atoms with van der Waals surface area (Å²) in [5.41, 5.74) is 3.01. The van der Waals surface area contributed by atoms with Crippen LogP contribution in [0.15, 0.2) is 89.8 Å². The molecule has 1 aliphatic rings. The zero-order valence-electron chi connectivity index (χ0n) is 20.2. The Bertz CT molecular complexity index is 1230. The number of likely N-dealkylation sites (tertiary alicyclic amines) is 1. The Hall–Kier alpha value is -2.98. The fourth-order valence-corrected chi connectivity index (χ4v) is 5.17. The van der Waals surface area contributed by atoms with Gasteiger partial charge in [0.1, 0.15) is 0 Å². The van der Waals surface area contributed by atoms with Gasteiger partial charge in [-0.3, -0.25) is 0 Å². The zero-order chi connectivity index (χ0) is 25.4. The van der Waals surface area contributed by atoms with Crippen LogP contribution in [0.3, 0.4) is 0 Å². The molecule has 0 saturated carbocycles. The van der Waals surface area contributed by atoms with E-state index in [1.54, 1.807) is 12.1 Å². The highest BCUT2D eigenvalue weighted by Crippen LogP contribution is 2.27. The third-order valence-corrected chi connectivity index (χ3v) is 7.76. The summed E-state index contributed by atoms with van der Waals surface area (Å²) in [7, 11) is -3.72. The van der Waals surface area contributed by atoms with Gasteiger partial charge in [-0.25, -0.2) is 13.6 Å². The molecule has 7 nitrogen and oxygen atoms in total. The number of hydrogen-bond donors (Lipinski definition) is 4. The molecule has 5 N–H and O–H groups in total. The molecule has 0 atom stereocenters. The number of benzene rings is 3. The molecule has 0 aliphatic carbocycles. The van der Waals surface area contributed by atoms with E-state index in [1.807, 2.05) is 18.2 Å². The number of sulfonamides is 1. The van der Waals surface area contributed by atoms with Gasteiger partial charge in [-0.05, 0) is 73.4 Å². The van der Waals surface area contributed by atoms with Crippen LogP contribution in [0, 0.1) is 0 Å². The Morgan fingerprint density at radius 2 is 1.50 bits per heavy atom. The standard InChI is InChI=1S/C27H33N5O2S2/c28-36(33,34)25-13-11-23(12-14-25)30-26(35)29-21-27(31-24-9-5-2-6-10-24)16-19-32(20-17-27)18-15-22-7-3-1-4-8-22/h1-14,31H,15-21H2,(H2,28,33,34)(H2,29,30,35). The summed E-state index contributed by atoms with van der Waals surface area (Å²) in [5, 5.41) is 15.9. The molecular formula is C27H33N5O2S2. The smallest absolute Gasteiger partial charge is 0.238 e. The Balaban J connectivity index is 1.35.